The molecule has 0 aromatic heterocycles. The highest BCUT2D eigenvalue weighted by Crippen LogP contribution is 2.21. The molecule has 0 saturated carbocycles. The van der Waals surface area contributed by atoms with Gasteiger partial charge >= 0.3 is 12.1 Å². The predicted molar refractivity (Wildman–Crippen MR) is 170 cm³/mol. The molecular formula is C35H46N2O6. The molecule has 0 spiro atoms. The van der Waals surface area contributed by atoms with E-state index in [4.69, 9.17) is 15.2 Å². The summed E-state index contributed by atoms with van der Waals surface area (Å²) in [5, 5.41) is 13.2. The van der Waals surface area contributed by atoms with Gasteiger partial charge in [-0.3, -0.25) is 4.79 Å². The standard InChI is InChI=1S/C35H46N2O6/c1-26-16-10-8-14-20-31(43-35(36)41)30(38)19-13-6-4-5-7-15-21-33(39)42-32(25-26)28(3)24-27(2)22-23-37-34(40)29-17-11-9-12-18-29/h8-13,15-19,21-24,28,30-32,38H,4-7,14,20,25H2,1-3H3,(H2,36,41)(H,37,40)/b10-8+,19-13+,21-15+,23-22+,26-16+,27-24+/t28-,30+,31+,32-/m1/s1. The molecule has 1 aromatic rings. The number of nitrogens with one attached hydrogen (secondary N) is 1. The Kier molecular flexibility index (Phi) is 16.2. The molecule has 1 aromatic carbocycles. The highest BCUT2D eigenvalue weighted by Gasteiger charge is 2.21. The van der Waals surface area contributed by atoms with E-state index in [2.05, 4.69) is 5.32 Å². The Labute approximate surface area is 255 Å². The van der Waals surface area contributed by atoms with E-state index in [-0.39, 0.29) is 17.8 Å². The van der Waals surface area contributed by atoms with Crippen LogP contribution in [0, 0.1) is 5.92 Å². The van der Waals surface area contributed by atoms with Gasteiger partial charge < -0.3 is 25.6 Å². The number of cyclic esters (lactones) is 1. The van der Waals surface area contributed by atoms with Gasteiger partial charge in [-0.15, -0.1) is 0 Å². The number of aliphatic hydroxyl groups is 1. The lowest BCUT2D eigenvalue weighted by atomic mass is 9.95. The minimum absolute atomic E-state index is 0.100. The minimum Gasteiger partial charge on any atom is -0.458 e. The number of rotatable bonds is 6. The van der Waals surface area contributed by atoms with Crippen LogP contribution in [-0.2, 0) is 14.3 Å². The Bertz CT molecular complexity index is 1210. The fourth-order valence-corrected chi connectivity index (χ4v) is 4.51. The van der Waals surface area contributed by atoms with E-state index in [9.17, 15) is 19.5 Å². The van der Waals surface area contributed by atoms with Crippen molar-refractivity contribution in [1.29, 1.82) is 0 Å². The van der Waals surface area contributed by atoms with Crippen molar-refractivity contribution < 1.29 is 29.0 Å². The van der Waals surface area contributed by atoms with Crippen LogP contribution in [0.5, 0.6) is 0 Å². The number of carbonyl (C=O) groups is 3. The number of primary amides is 1. The molecule has 0 bridgehead atoms. The van der Waals surface area contributed by atoms with Crippen molar-refractivity contribution in [3.63, 3.8) is 0 Å². The van der Waals surface area contributed by atoms with Crippen LogP contribution in [0.2, 0.25) is 0 Å². The third-order valence-electron chi connectivity index (χ3n) is 6.86. The Morgan fingerprint density at radius 1 is 1.12 bits per heavy atom. The Balaban J connectivity index is 2.13. The van der Waals surface area contributed by atoms with E-state index in [1.165, 1.54) is 6.08 Å². The summed E-state index contributed by atoms with van der Waals surface area (Å²) in [5.74, 6) is -0.669. The molecule has 1 aliphatic rings. The van der Waals surface area contributed by atoms with E-state index in [0.717, 1.165) is 36.8 Å². The van der Waals surface area contributed by atoms with Crippen LogP contribution in [0.15, 0.2) is 102 Å². The molecule has 8 heteroatoms. The average Bonchev–Trinajstić information content (AvgIpc) is 2.96. The van der Waals surface area contributed by atoms with Crippen LogP contribution in [-0.4, -0.2) is 41.4 Å². The van der Waals surface area contributed by atoms with Gasteiger partial charge in [-0.25, -0.2) is 9.59 Å². The summed E-state index contributed by atoms with van der Waals surface area (Å²) >= 11 is 0. The fourth-order valence-electron chi connectivity index (χ4n) is 4.51. The summed E-state index contributed by atoms with van der Waals surface area (Å²) in [6, 6.07) is 8.99. The van der Waals surface area contributed by atoms with Crippen molar-refractivity contribution >= 4 is 18.0 Å². The van der Waals surface area contributed by atoms with Gasteiger partial charge in [0.2, 0.25) is 0 Å². The summed E-state index contributed by atoms with van der Waals surface area (Å²) < 4.78 is 11.0. The van der Waals surface area contributed by atoms with Crippen LogP contribution in [0.1, 0.15) is 76.1 Å². The first-order valence-corrected chi connectivity index (χ1v) is 14.9. The van der Waals surface area contributed by atoms with Gasteiger partial charge in [0.25, 0.3) is 5.91 Å². The molecule has 232 valence electrons. The second-order valence-corrected chi connectivity index (χ2v) is 10.7. The quantitative estimate of drug-likeness (QED) is 0.194. The number of amides is 2. The van der Waals surface area contributed by atoms with Crippen molar-refractivity contribution in [3.05, 3.63) is 108 Å². The van der Waals surface area contributed by atoms with Crippen LogP contribution in [0.3, 0.4) is 0 Å². The minimum atomic E-state index is -0.938. The summed E-state index contributed by atoms with van der Waals surface area (Å²) in [6.45, 7) is 5.91. The zero-order chi connectivity index (χ0) is 31.5. The normalized spacial score (nSPS) is 25.8. The lowest BCUT2D eigenvalue weighted by molar-refractivity contribution is -0.144. The number of benzene rings is 1. The Morgan fingerprint density at radius 3 is 2.56 bits per heavy atom. The first-order valence-electron chi connectivity index (χ1n) is 14.9. The van der Waals surface area contributed by atoms with Gasteiger partial charge in [0.05, 0.1) is 0 Å². The SMILES string of the molecule is CC(/C=C/NC(=O)c1ccccc1)=C\[C@@H](C)[C@H]1C/C(C)=C/C=C/CC[C@H](OC(N)=O)[C@@H](O)/C=C/CCCC/C=C/C(=O)O1. The number of hydrogen-bond acceptors (Lipinski definition) is 6. The first-order chi connectivity index (χ1) is 20.7. The maximum Gasteiger partial charge on any atom is 0.404 e. The average molecular weight is 591 g/mol. The summed E-state index contributed by atoms with van der Waals surface area (Å²) in [4.78, 5) is 36.3. The van der Waals surface area contributed by atoms with E-state index < -0.39 is 24.4 Å². The number of nitrogens with two attached hydrogens (primary N) is 1. The van der Waals surface area contributed by atoms with Gasteiger partial charge in [0.15, 0.2) is 0 Å². The highest BCUT2D eigenvalue weighted by molar-refractivity contribution is 5.94. The molecule has 1 aliphatic heterocycles. The number of aliphatic hydroxyl groups excluding tert-OH is 1. The zero-order valence-electron chi connectivity index (χ0n) is 25.5. The van der Waals surface area contributed by atoms with Crippen molar-refractivity contribution in [2.75, 3.05) is 0 Å². The van der Waals surface area contributed by atoms with E-state index in [0.29, 0.717) is 24.8 Å². The molecule has 2 rings (SSSR count). The molecular weight excluding hydrogens is 544 g/mol. The topological polar surface area (TPSA) is 128 Å². The molecule has 1 heterocycles. The van der Waals surface area contributed by atoms with E-state index >= 15 is 0 Å². The molecule has 4 N–H and O–H groups in total. The molecule has 8 nitrogen and oxygen atoms in total. The van der Waals surface area contributed by atoms with E-state index in [1.54, 1.807) is 24.4 Å². The van der Waals surface area contributed by atoms with Crippen molar-refractivity contribution in [2.24, 2.45) is 11.7 Å². The molecule has 0 unspecified atom stereocenters. The van der Waals surface area contributed by atoms with E-state index in [1.807, 2.05) is 81.5 Å². The summed E-state index contributed by atoms with van der Waals surface area (Å²) in [5.41, 5.74) is 7.72. The molecule has 0 radical (unpaired) electrons. The molecule has 4 atom stereocenters. The van der Waals surface area contributed by atoms with Crippen LogP contribution >= 0.6 is 0 Å². The molecule has 0 saturated heterocycles. The summed E-state index contributed by atoms with van der Waals surface area (Å²) in [7, 11) is 0. The lowest BCUT2D eigenvalue weighted by Gasteiger charge is -2.22. The van der Waals surface area contributed by atoms with Crippen molar-refractivity contribution in [3.8, 4) is 0 Å². The van der Waals surface area contributed by atoms with Crippen LogP contribution in [0.25, 0.3) is 0 Å². The van der Waals surface area contributed by atoms with Crippen molar-refractivity contribution in [2.45, 2.75) is 84.0 Å². The van der Waals surface area contributed by atoms with Crippen LogP contribution < -0.4 is 11.1 Å². The number of allylic oxidation sites excluding steroid dienone is 7. The van der Waals surface area contributed by atoms with Gasteiger partial charge in [-0.05, 0) is 70.6 Å². The molecule has 2 amide bonds. The predicted octanol–water partition coefficient (Wildman–Crippen LogP) is 6.61. The monoisotopic (exact) mass is 590 g/mol. The van der Waals surface area contributed by atoms with Crippen molar-refractivity contribution in [1.82, 2.24) is 5.32 Å². The third kappa shape index (κ3) is 15.0. The first kappa shape index (κ1) is 35.0. The number of hydrogen-bond donors (Lipinski definition) is 3. The molecule has 0 fully saturated rings. The number of ether oxygens (including phenoxy) is 2. The highest BCUT2D eigenvalue weighted by atomic mass is 16.6. The van der Waals surface area contributed by atoms with Gasteiger partial charge in [-0.1, -0.05) is 78.8 Å². The number of esters is 1. The van der Waals surface area contributed by atoms with Gasteiger partial charge in [0, 0.05) is 30.2 Å². The fraction of sp³-hybridized carbons (Fsp3) is 0.400. The second-order valence-electron chi connectivity index (χ2n) is 10.7. The Hall–Kier alpha value is -4.17. The summed E-state index contributed by atoms with van der Waals surface area (Å²) in [6.07, 6.45) is 19.8. The molecule has 0 aliphatic carbocycles. The number of carbonyl (C=O) groups excluding carboxylic acids is 3. The maximum atomic E-state index is 12.7. The lowest BCUT2D eigenvalue weighted by Crippen LogP contribution is -2.32. The second kappa shape index (κ2) is 19.9. The smallest absolute Gasteiger partial charge is 0.404 e. The van der Waals surface area contributed by atoms with Crippen LogP contribution in [0.4, 0.5) is 4.79 Å². The zero-order valence-corrected chi connectivity index (χ0v) is 25.5. The third-order valence-corrected chi connectivity index (χ3v) is 6.86. The van der Waals surface area contributed by atoms with Gasteiger partial charge in [0.1, 0.15) is 18.3 Å². The largest absolute Gasteiger partial charge is 0.458 e. The van der Waals surface area contributed by atoms with Gasteiger partial charge in [-0.2, -0.15) is 0 Å². The Morgan fingerprint density at radius 2 is 1.84 bits per heavy atom. The maximum absolute atomic E-state index is 12.7. The molecule has 43 heavy (non-hydrogen) atoms.